The van der Waals surface area contributed by atoms with Gasteiger partial charge in [-0.3, -0.25) is 0 Å². The zero-order chi connectivity index (χ0) is 34.1. The molecule has 0 atom stereocenters. The number of ether oxygens (including phenoxy) is 2. The van der Waals surface area contributed by atoms with Crippen molar-refractivity contribution in [1.82, 2.24) is 9.13 Å². The van der Waals surface area contributed by atoms with Crippen molar-refractivity contribution < 1.29 is 18.6 Å². The van der Waals surface area contributed by atoms with Gasteiger partial charge in [0.1, 0.15) is 24.8 Å². The molecule has 0 N–H and O–H groups in total. The molecule has 0 aliphatic heterocycles. The molecule has 0 fully saturated rings. The van der Waals surface area contributed by atoms with Crippen molar-refractivity contribution in [2.45, 2.75) is 68.5 Å². The van der Waals surface area contributed by atoms with Gasteiger partial charge in [-0.25, -0.2) is 28.3 Å². The fourth-order valence-electron chi connectivity index (χ4n) is 5.46. The van der Waals surface area contributed by atoms with Gasteiger partial charge < -0.3 is 9.47 Å². The summed E-state index contributed by atoms with van der Waals surface area (Å²) in [6.07, 6.45) is 8.12. The zero-order valence-corrected chi connectivity index (χ0v) is 30.8. The van der Waals surface area contributed by atoms with Gasteiger partial charge >= 0.3 is 23.4 Å². The van der Waals surface area contributed by atoms with Gasteiger partial charge in [-0.2, -0.15) is 0 Å². The topological polar surface area (TPSA) is 60.8 Å². The quantitative estimate of drug-likeness (QED) is 0.114. The summed E-state index contributed by atoms with van der Waals surface area (Å²) in [4.78, 5) is 9.85. The van der Waals surface area contributed by atoms with Gasteiger partial charge in [0.2, 0.25) is 0 Å². The Hall–Kier alpha value is -3.62. The lowest BCUT2D eigenvalue weighted by Crippen LogP contribution is -2.37. The molecule has 2 aromatic carbocycles. The molecule has 8 nitrogen and oxygen atoms in total. The van der Waals surface area contributed by atoms with Crippen LogP contribution >= 0.6 is 23.2 Å². The van der Waals surface area contributed by atoms with Gasteiger partial charge in [0.25, 0.3) is 0 Å². The molecule has 0 saturated carbocycles. The first-order chi connectivity index (χ1) is 21.4. The second-order valence-electron chi connectivity index (χ2n) is 14.3. The molecule has 0 aliphatic carbocycles. The molecule has 46 heavy (non-hydrogen) atoms. The van der Waals surface area contributed by atoms with Gasteiger partial charge in [-0.1, -0.05) is 64.7 Å². The van der Waals surface area contributed by atoms with E-state index in [4.69, 9.17) is 42.7 Å². The number of hydrogen-bond acceptors (Lipinski definition) is 4. The molecule has 0 unspecified atom stereocenters. The van der Waals surface area contributed by atoms with Crippen LogP contribution in [0, 0.1) is 24.7 Å². The highest BCUT2D eigenvalue weighted by Gasteiger charge is 2.28. The van der Waals surface area contributed by atoms with Crippen molar-refractivity contribution in [3.63, 3.8) is 0 Å². The zero-order valence-electron chi connectivity index (χ0n) is 29.3. The summed E-state index contributed by atoms with van der Waals surface area (Å²) in [5.74, 6) is 2.77. The average Bonchev–Trinajstić information content (AvgIpc) is 3.48. The van der Waals surface area contributed by atoms with Crippen LogP contribution in [0.3, 0.4) is 0 Å². The van der Waals surface area contributed by atoms with Crippen LogP contribution < -0.4 is 9.13 Å². The van der Waals surface area contributed by atoms with E-state index in [1.165, 1.54) is 0 Å². The van der Waals surface area contributed by atoms with Crippen LogP contribution in [0.2, 0.25) is 10.0 Å². The maximum Gasteiger partial charge on any atom is 0.345 e. The smallest absolute Gasteiger partial charge is 0.345 e. The lowest BCUT2D eigenvalue weighted by molar-refractivity contribution is -0.673. The number of nitrogens with zero attached hydrogens (tertiary/aromatic N) is 6. The molecule has 0 aliphatic rings. The number of methoxy groups -OCH3 is 2. The summed E-state index contributed by atoms with van der Waals surface area (Å²) < 4.78 is 20.0. The highest BCUT2D eigenvalue weighted by molar-refractivity contribution is 6.37. The Morgan fingerprint density at radius 2 is 1.02 bits per heavy atom. The third-order valence-electron chi connectivity index (χ3n) is 7.52. The van der Waals surface area contributed by atoms with E-state index in [0.29, 0.717) is 21.8 Å². The molecule has 0 radical (unpaired) electrons. The molecule has 2 heterocycles. The van der Waals surface area contributed by atoms with E-state index in [2.05, 4.69) is 63.1 Å². The van der Waals surface area contributed by atoms with Crippen molar-refractivity contribution in [3.8, 4) is 11.1 Å². The summed E-state index contributed by atoms with van der Waals surface area (Å²) in [5, 5.41) is 1.08. The van der Waals surface area contributed by atoms with Gasteiger partial charge in [-0.15, -0.1) is 0 Å². The Bertz CT molecular complexity index is 1670. The summed E-state index contributed by atoms with van der Waals surface area (Å²) >= 11 is 13.9. The van der Waals surface area contributed by atoms with Crippen LogP contribution in [0.1, 0.15) is 64.3 Å². The van der Waals surface area contributed by atoms with Crippen molar-refractivity contribution >= 4 is 46.4 Å². The van der Waals surface area contributed by atoms with Crippen molar-refractivity contribution in [1.29, 1.82) is 0 Å². The standard InChI is InChI=1S/C36H48Cl2N6O2/c1-23-17-25(27(37)19-29(23)39-31(45-11)33-41(9)13-15-43(33)21-35(3,4)5)26-18-24(2)30(20-28(26)38)40-32(46-12)34-42(10)14-16-44(34)22-36(6,7)8/h13-20H,21-22H2,1-12H3/q+2. The van der Waals surface area contributed by atoms with Crippen LogP contribution in [-0.4, -0.2) is 35.1 Å². The van der Waals surface area contributed by atoms with Crippen LogP contribution in [-0.2, 0) is 36.7 Å². The number of aliphatic imine (C=N–C) groups is 2. The highest BCUT2D eigenvalue weighted by atomic mass is 35.5. The summed E-state index contributed by atoms with van der Waals surface area (Å²) in [6.45, 7) is 18.9. The van der Waals surface area contributed by atoms with E-state index in [1.807, 2.05) is 73.7 Å². The maximum atomic E-state index is 6.93. The number of halogens is 2. The van der Waals surface area contributed by atoms with Gasteiger partial charge in [-0.05, 0) is 60.1 Å². The van der Waals surface area contributed by atoms with Gasteiger partial charge in [0, 0.05) is 11.1 Å². The molecule has 10 heteroatoms. The number of imidazole rings is 2. The molecule has 0 bridgehead atoms. The first kappa shape index (κ1) is 35.2. The molecule has 4 rings (SSSR count). The maximum absolute atomic E-state index is 6.93. The number of benzene rings is 2. The van der Waals surface area contributed by atoms with Crippen molar-refractivity contribution in [2.24, 2.45) is 34.9 Å². The number of aromatic nitrogens is 4. The fraction of sp³-hybridized carbons (Fsp3) is 0.444. The summed E-state index contributed by atoms with van der Waals surface area (Å²) in [6, 6.07) is 7.78. The summed E-state index contributed by atoms with van der Waals surface area (Å²) in [5.41, 5.74) is 5.13. The Morgan fingerprint density at radius 3 is 1.33 bits per heavy atom. The van der Waals surface area contributed by atoms with E-state index in [0.717, 1.165) is 58.4 Å². The molecule has 246 valence electrons. The Balaban J connectivity index is 1.73. The Morgan fingerprint density at radius 1 is 0.674 bits per heavy atom. The predicted molar refractivity (Wildman–Crippen MR) is 188 cm³/mol. The van der Waals surface area contributed by atoms with Crippen molar-refractivity contribution in [3.05, 3.63) is 81.9 Å². The fourth-order valence-corrected chi connectivity index (χ4v) is 5.98. The molecular formula is C36H48Cl2N6O2+2. The first-order valence-electron chi connectivity index (χ1n) is 15.4. The minimum absolute atomic E-state index is 0.0827. The Labute approximate surface area is 283 Å². The van der Waals surface area contributed by atoms with E-state index in [1.54, 1.807) is 14.2 Å². The lowest BCUT2D eigenvalue weighted by Gasteiger charge is -2.17. The van der Waals surface area contributed by atoms with Crippen LogP contribution in [0.5, 0.6) is 0 Å². The number of aryl methyl sites for hydroxylation is 4. The summed E-state index contributed by atoms with van der Waals surface area (Å²) in [7, 11) is 7.26. The minimum atomic E-state index is 0.0827. The minimum Gasteiger partial charge on any atom is -0.475 e. The van der Waals surface area contributed by atoms with E-state index >= 15 is 0 Å². The highest BCUT2D eigenvalue weighted by Crippen LogP contribution is 2.40. The van der Waals surface area contributed by atoms with Crippen LogP contribution in [0.15, 0.2) is 59.0 Å². The van der Waals surface area contributed by atoms with Gasteiger partial charge in [0.05, 0.1) is 62.8 Å². The van der Waals surface area contributed by atoms with E-state index < -0.39 is 0 Å². The SMILES string of the molecule is COC(=Nc1cc(Cl)c(-c2cc(C)c(N=C(OC)c3n(CC(C)(C)C)cc[n+]3C)cc2Cl)cc1C)c1n(CC(C)(C)C)cc[n+]1C. The normalized spacial score (nSPS) is 13.0. The second kappa shape index (κ2) is 13.6. The molecule has 0 saturated heterocycles. The van der Waals surface area contributed by atoms with Crippen molar-refractivity contribution in [2.75, 3.05) is 14.2 Å². The first-order valence-corrected chi connectivity index (χ1v) is 16.1. The predicted octanol–water partition coefficient (Wildman–Crippen LogP) is 8.07. The second-order valence-corrected chi connectivity index (χ2v) is 15.1. The monoisotopic (exact) mass is 666 g/mol. The third-order valence-corrected chi connectivity index (χ3v) is 8.14. The number of rotatable bonds is 7. The Kier molecular flexibility index (Phi) is 10.4. The largest absolute Gasteiger partial charge is 0.475 e. The van der Waals surface area contributed by atoms with E-state index in [-0.39, 0.29) is 10.8 Å². The van der Waals surface area contributed by atoms with E-state index in [9.17, 15) is 0 Å². The molecule has 4 aromatic rings. The average molecular weight is 668 g/mol. The van der Waals surface area contributed by atoms with Crippen LogP contribution in [0.4, 0.5) is 11.4 Å². The van der Waals surface area contributed by atoms with Gasteiger partial charge in [0.15, 0.2) is 0 Å². The molecule has 2 aromatic heterocycles. The molecule has 0 amide bonds. The molecule has 0 spiro atoms. The lowest BCUT2D eigenvalue weighted by atomic mass is 9.97. The van der Waals surface area contributed by atoms with Crippen LogP contribution in [0.25, 0.3) is 11.1 Å². The number of hydrogen-bond donors (Lipinski definition) is 0. The third kappa shape index (κ3) is 8.02. The molecular weight excluding hydrogens is 619 g/mol.